The normalized spacial score (nSPS) is 40.4. The van der Waals surface area contributed by atoms with Gasteiger partial charge in [0, 0.05) is 31.2 Å². The van der Waals surface area contributed by atoms with E-state index in [0.29, 0.717) is 18.1 Å². The predicted octanol–water partition coefficient (Wildman–Crippen LogP) is 2.99. The molecule has 0 aromatic heterocycles. The molecule has 0 amide bonds. The number of rotatable bonds is 3. The summed E-state index contributed by atoms with van der Waals surface area (Å²) < 4.78 is 5.39. The molecule has 3 fully saturated rings. The lowest BCUT2D eigenvalue weighted by Crippen LogP contribution is -2.64. The highest BCUT2D eigenvalue weighted by Crippen LogP contribution is 2.34. The van der Waals surface area contributed by atoms with Crippen LogP contribution in [0.5, 0.6) is 0 Å². The number of hydrogen-bond acceptors (Lipinski definition) is 3. The maximum absolute atomic E-state index is 5.39. The number of ether oxygens (including phenoxy) is 1. The summed E-state index contributed by atoms with van der Waals surface area (Å²) in [6.07, 6.45) is 5.74. The molecular formula is C18H34N2O. The summed E-state index contributed by atoms with van der Waals surface area (Å²) in [5.41, 5.74) is 0. The molecule has 0 aromatic carbocycles. The molecule has 2 aliphatic heterocycles. The van der Waals surface area contributed by atoms with Crippen LogP contribution in [0.2, 0.25) is 0 Å². The molecule has 2 saturated heterocycles. The molecule has 3 aliphatic rings. The molecule has 1 saturated carbocycles. The number of nitrogens with zero attached hydrogens (tertiary/aromatic N) is 2. The van der Waals surface area contributed by atoms with Crippen LogP contribution in [0.4, 0.5) is 0 Å². The van der Waals surface area contributed by atoms with E-state index in [1.165, 1.54) is 38.8 Å². The second-order valence-electron chi connectivity index (χ2n) is 8.10. The van der Waals surface area contributed by atoms with E-state index in [2.05, 4.69) is 37.5 Å². The Morgan fingerprint density at radius 1 is 0.810 bits per heavy atom. The molecule has 3 nitrogen and oxygen atoms in total. The van der Waals surface area contributed by atoms with Crippen LogP contribution >= 0.6 is 0 Å². The van der Waals surface area contributed by atoms with Gasteiger partial charge in [-0.1, -0.05) is 13.8 Å². The minimum absolute atomic E-state index is 0.693. The molecule has 1 aliphatic carbocycles. The van der Waals surface area contributed by atoms with Gasteiger partial charge in [-0.15, -0.1) is 0 Å². The van der Waals surface area contributed by atoms with Crippen molar-refractivity contribution in [2.45, 2.75) is 77.5 Å². The SMILES string of the molecule is CC(C)C1CCC(N2C[C@@H](C)N(C3COC3)C[C@@H]2C)CC1. The average molecular weight is 294 g/mol. The Morgan fingerprint density at radius 2 is 1.33 bits per heavy atom. The fourth-order valence-corrected chi connectivity index (χ4v) is 4.71. The van der Waals surface area contributed by atoms with Gasteiger partial charge in [-0.25, -0.2) is 0 Å². The molecule has 3 heteroatoms. The van der Waals surface area contributed by atoms with E-state index in [1.54, 1.807) is 0 Å². The van der Waals surface area contributed by atoms with Crippen molar-refractivity contribution < 1.29 is 4.74 Å². The van der Waals surface area contributed by atoms with Crippen molar-refractivity contribution >= 4 is 0 Å². The molecule has 0 aromatic rings. The van der Waals surface area contributed by atoms with Crippen molar-refractivity contribution in [3.8, 4) is 0 Å². The van der Waals surface area contributed by atoms with Crippen LogP contribution in [0.25, 0.3) is 0 Å². The van der Waals surface area contributed by atoms with E-state index in [-0.39, 0.29) is 0 Å². The van der Waals surface area contributed by atoms with E-state index in [1.807, 2.05) is 0 Å². The van der Waals surface area contributed by atoms with Crippen molar-refractivity contribution in [2.24, 2.45) is 11.8 Å². The van der Waals surface area contributed by atoms with Crippen LogP contribution in [0, 0.1) is 11.8 Å². The summed E-state index contributed by atoms with van der Waals surface area (Å²) in [7, 11) is 0. The Hall–Kier alpha value is -0.120. The number of hydrogen-bond donors (Lipinski definition) is 0. The van der Waals surface area contributed by atoms with Gasteiger partial charge in [0.1, 0.15) is 0 Å². The van der Waals surface area contributed by atoms with Gasteiger partial charge in [0.2, 0.25) is 0 Å². The second-order valence-corrected chi connectivity index (χ2v) is 8.10. The van der Waals surface area contributed by atoms with Crippen LogP contribution in [0.15, 0.2) is 0 Å². The summed E-state index contributed by atoms with van der Waals surface area (Å²) in [4.78, 5) is 5.53. The average Bonchev–Trinajstić information content (AvgIpc) is 2.40. The quantitative estimate of drug-likeness (QED) is 0.796. The van der Waals surface area contributed by atoms with E-state index in [4.69, 9.17) is 4.74 Å². The van der Waals surface area contributed by atoms with Crippen molar-refractivity contribution in [1.29, 1.82) is 0 Å². The van der Waals surface area contributed by atoms with Gasteiger partial charge in [-0.05, 0) is 51.4 Å². The minimum Gasteiger partial charge on any atom is -0.378 e. The van der Waals surface area contributed by atoms with Gasteiger partial charge < -0.3 is 4.74 Å². The first-order valence-corrected chi connectivity index (χ1v) is 9.15. The Balaban J connectivity index is 1.54. The van der Waals surface area contributed by atoms with E-state index < -0.39 is 0 Å². The van der Waals surface area contributed by atoms with Crippen LogP contribution in [0.1, 0.15) is 53.4 Å². The predicted molar refractivity (Wildman–Crippen MR) is 87.5 cm³/mol. The highest BCUT2D eigenvalue weighted by Gasteiger charge is 2.39. The third kappa shape index (κ3) is 3.30. The molecular weight excluding hydrogens is 260 g/mol. The minimum atomic E-state index is 0.693. The van der Waals surface area contributed by atoms with Gasteiger partial charge >= 0.3 is 0 Å². The maximum atomic E-state index is 5.39. The highest BCUT2D eigenvalue weighted by molar-refractivity contribution is 4.94. The zero-order valence-electron chi connectivity index (χ0n) is 14.4. The monoisotopic (exact) mass is 294 g/mol. The third-order valence-corrected chi connectivity index (χ3v) is 6.33. The summed E-state index contributed by atoms with van der Waals surface area (Å²) in [6.45, 7) is 14.1. The first kappa shape index (κ1) is 15.8. The topological polar surface area (TPSA) is 15.7 Å². The standard InChI is InChI=1S/C18H34N2O/c1-13(2)16-5-7-17(8-6-16)19-9-15(4)20(10-14(19)3)18-11-21-12-18/h13-18H,5-12H2,1-4H3/t14-,15+,16?,17?/m0/s1. The van der Waals surface area contributed by atoms with Crippen LogP contribution in [0.3, 0.4) is 0 Å². The van der Waals surface area contributed by atoms with E-state index >= 15 is 0 Å². The lowest BCUT2D eigenvalue weighted by molar-refractivity contribution is -0.110. The Morgan fingerprint density at radius 3 is 1.76 bits per heavy atom. The van der Waals surface area contributed by atoms with Gasteiger partial charge in [0.05, 0.1) is 19.3 Å². The zero-order chi connectivity index (χ0) is 15.0. The maximum Gasteiger partial charge on any atom is 0.0645 e. The fraction of sp³-hybridized carbons (Fsp3) is 1.00. The molecule has 0 N–H and O–H groups in total. The lowest BCUT2D eigenvalue weighted by Gasteiger charge is -2.52. The summed E-state index contributed by atoms with van der Waals surface area (Å²) in [5.74, 6) is 1.85. The first-order valence-electron chi connectivity index (χ1n) is 9.15. The molecule has 2 atom stereocenters. The summed E-state index contributed by atoms with van der Waals surface area (Å²) >= 11 is 0. The largest absolute Gasteiger partial charge is 0.378 e. The summed E-state index contributed by atoms with van der Waals surface area (Å²) in [5, 5.41) is 0. The Kier molecular flexibility index (Phi) is 4.92. The van der Waals surface area contributed by atoms with Crippen LogP contribution < -0.4 is 0 Å². The number of piperazine rings is 1. The molecule has 122 valence electrons. The Bertz CT molecular complexity index is 334. The fourth-order valence-electron chi connectivity index (χ4n) is 4.71. The lowest BCUT2D eigenvalue weighted by atomic mass is 9.78. The van der Waals surface area contributed by atoms with E-state index in [9.17, 15) is 0 Å². The first-order chi connectivity index (χ1) is 10.1. The molecule has 21 heavy (non-hydrogen) atoms. The molecule has 2 heterocycles. The molecule has 0 spiro atoms. The van der Waals surface area contributed by atoms with Gasteiger partial charge in [-0.3, -0.25) is 9.80 Å². The highest BCUT2D eigenvalue weighted by atomic mass is 16.5. The van der Waals surface area contributed by atoms with Crippen molar-refractivity contribution in [2.75, 3.05) is 26.3 Å². The third-order valence-electron chi connectivity index (χ3n) is 6.33. The van der Waals surface area contributed by atoms with Gasteiger partial charge in [0.25, 0.3) is 0 Å². The van der Waals surface area contributed by atoms with Crippen molar-refractivity contribution in [3.05, 3.63) is 0 Å². The van der Waals surface area contributed by atoms with Crippen LogP contribution in [-0.2, 0) is 4.74 Å². The van der Waals surface area contributed by atoms with Gasteiger partial charge in [-0.2, -0.15) is 0 Å². The van der Waals surface area contributed by atoms with E-state index in [0.717, 1.165) is 31.1 Å². The van der Waals surface area contributed by atoms with Crippen molar-refractivity contribution in [3.63, 3.8) is 0 Å². The Labute approximate surface area is 131 Å². The molecule has 0 bridgehead atoms. The molecule has 0 unspecified atom stereocenters. The van der Waals surface area contributed by atoms with Gasteiger partial charge in [0.15, 0.2) is 0 Å². The second kappa shape index (κ2) is 6.55. The summed E-state index contributed by atoms with van der Waals surface area (Å²) in [6, 6.07) is 2.94. The van der Waals surface area contributed by atoms with Crippen molar-refractivity contribution in [1.82, 2.24) is 9.80 Å². The zero-order valence-corrected chi connectivity index (χ0v) is 14.4. The smallest absolute Gasteiger partial charge is 0.0645 e. The molecule has 0 radical (unpaired) electrons. The van der Waals surface area contributed by atoms with Crippen LogP contribution in [-0.4, -0.2) is 60.3 Å². The molecule has 3 rings (SSSR count).